The van der Waals surface area contributed by atoms with Gasteiger partial charge in [-0.1, -0.05) is 0 Å². The standard InChI is InChI=1S/C13H19N5O2S/c1-10(19)17-9-21-6-12(17)13(20)16-4-2-11(3-5-16)18-8-14-7-15-18/h7-8,11-12H,2-6,9H2,1H3. The van der Waals surface area contributed by atoms with Crippen molar-refractivity contribution in [1.82, 2.24) is 24.6 Å². The minimum atomic E-state index is -0.282. The number of nitrogens with zero attached hydrogens (tertiary/aromatic N) is 5. The van der Waals surface area contributed by atoms with Crippen LogP contribution in [0.15, 0.2) is 12.7 Å². The summed E-state index contributed by atoms with van der Waals surface area (Å²) in [4.78, 5) is 31.7. The first-order valence-electron chi connectivity index (χ1n) is 7.14. The number of hydrogen-bond acceptors (Lipinski definition) is 5. The van der Waals surface area contributed by atoms with Crippen molar-refractivity contribution in [1.29, 1.82) is 0 Å². The maximum absolute atomic E-state index is 12.6. The van der Waals surface area contributed by atoms with Crippen LogP contribution in [0.1, 0.15) is 25.8 Å². The van der Waals surface area contributed by atoms with Crippen molar-refractivity contribution in [3.8, 4) is 0 Å². The molecule has 0 N–H and O–H groups in total. The van der Waals surface area contributed by atoms with E-state index in [4.69, 9.17) is 0 Å². The Bertz CT molecular complexity index is 513. The molecule has 3 rings (SSSR count). The van der Waals surface area contributed by atoms with E-state index in [0.717, 1.165) is 25.9 Å². The van der Waals surface area contributed by atoms with Crippen LogP contribution in [0.3, 0.4) is 0 Å². The number of aromatic nitrogens is 3. The van der Waals surface area contributed by atoms with Gasteiger partial charge in [0.05, 0.1) is 11.9 Å². The van der Waals surface area contributed by atoms with Crippen molar-refractivity contribution in [3.63, 3.8) is 0 Å². The van der Waals surface area contributed by atoms with Crippen LogP contribution in [0.25, 0.3) is 0 Å². The second-order valence-corrected chi connectivity index (χ2v) is 6.44. The monoisotopic (exact) mass is 309 g/mol. The number of carbonyl (C=O) groups excluding carboxylic acids is 2. The molecule has 0 spiro atoms. The average Bonchev–Trinajstić information content (AvgIpc) is 3.18. The highest BCUT2D eigenvalue weighted by Gasteiger charge is 2.36. The van der Waals surface area contributed by atoms with Crippen molar-refractivity contribution < 1.29 is 9.59 Å². The molecular weight excluding hydrogens is 290 g/mol. The van der Waals surface area contributed by atoms with E-state index in [0.29, 0.717) is 17.7 Å². The first-order valence-corrected chi connectivity index (χ1v) is 8.30. The Balaban J connectivity index is 1.59. The van der Waals surface area contributed by atoms with E-state index in [-0.39, 0.29) is 17.9 Å². The lowest BCUT2D eigenvalue weighted by Crippen LogP contribution is -2.50. The van der Waals surface area contributed by atoms with Crippen LogP contribution >= 0.6 is 11.8 Å². The molecule has 8 heteroatoms. The van der Waals surface area contributed by atoms with E-state index >= 15 is 0 Å². The van der Waals surface area contributed by atoms with Crippen LogP contribution in [-0.4, -0.2) is 67.1 Å². The summed E-state index contributed by atoms with van der Waals surface area (Å²) in [5.74, 6) is 1.41. The first kappa shape index (κ1) is 14.4. The number of amides is 2. The largest absolute Gasteiger partial charge is 0.341 e. The van der Waals surface area contributed by atoms with E-state index in [9.17, 15) is 9.59 Å². The lowest BCUT2D eigenvalue weighted by molar-refractivity contribution is -0.143. The van der Waals surface area contributed by atoms with Crippen molar-refractivity contribution in [3.05, 3.63) is 12.7 Å². The van der Waals surface area contributed by atoms with Gasteiger partial charge in [0.2, 0.25) is 11.8 Å². The smallest absolute Gasteiger partial charge is 0.246 e. The fraction of sp³-hybridized carbons (Fsp3) is 0.692. The second-order valence-electron chi connectivity index (χ2n) is 5.44. The molecule has 2 aliphatic heterocycles. The molecule has 0 aliphatic carbocycles. The van der Waals surface area contributed by atoms with Gasteiger partial charge in [-0.3, -0.25) is 9.59 Å². The molecule has 114 valence electrons. The van der Waals surface area contributed by atoms with Gasteiger partial charge in [-0.25, -0.2) is 9.67 Å². The highest BCUT2D eigenvalue weighted by Crippen LogP contribution is 2.26. The molecule has 1 aromatic rings. The Morgan fingerprint density at radius 3 is 2.67 bits per heavy atom. The summed E-state index contributed by atoms with van der Waals surface area (Å²) in [5, 5.41) is 4.17. The van der Waals surface area contributed by atoms with Crippen LogP contribution < -0.4 is 0 Å². The Kier molecular flexibility index (Phi) is 4.14. The molecule has 3 heterocycles. The molecule has 2 saturated heterocycles. The Morgan fingerprint density at radius 2 is 2.05 bits per heavy atom. The zero-order chi connectivity index (χ0) is 14.8. The fourth-order valence-electron chi connectivity index (χ4n) is 2.93. The second kappa shape index (κ2) is 6.05. The van der Waals surface area contributed by atoms with Gasteiger partial charge in [0.15, 0.2) is 0 Å². The molecule has 0 aromatic carbocycles. The van der Waals surface area contributed by atoms with Gasteiger partial charge in [-0.2, -0.15) is 5.10 Å². The summed E-state index contributed by atoms with van der Waals surface area (Å²) in [7, 11) is 0. The molecule has 0 bridgehead atoms. The molecule has 2 aliphatic rings. The predicted octanol–water partition coefficient (Wildman–Crippen LogP) is 0.363. The lowest BCUT2D eigenvalue weighted by Gasteiger charge is -2.34. The van der Waals surface area contributed by atoms with Gasteiger partial charge in [0.25, 0.3) is 0 Å². The topological polar surface area (TPSA) is 71.3 Å². The fourth-order valence-corrected chi connectivity index (χ4v) is 4.13. The number of likely N-dealkylation sites (tertiary alicyclic amines) is 1. The maximum atomic E-state index is 12.6. The van der Waals surface area contributed by atoms with Gasteiger partial charge >= 0.3 is 0 Å². The Morgan fingerprint density at radius 1 is 1.29 bits per heavy atom. The van der Waals surface area contributed by atoms with Crippen LogP contribution in [0.5, 0.6) is 0 Å². The van der Waals surface area contributed by atoms with Crippen molar-refractivity contribution >= 4 is 23.6 Å². The van der Waals surface area contributed by atoms with E-state index < -0.39 is 0 Å². The Labute approximate surface area is 127 Å². The van der Waals surface area contributed by atoms with E-state index in [1.807, 2.05) is 9.58 Å². The van der Waals surface area contributed by atoms with Gasteiger partial charge in [-0.05, 0) is 12.8 Å². The maximum Gasteiger partial charge on any atom is 0.246 e. The SMILES string of the molecule is CC(=O)N1CSCC1C(=O)N1CCC(n2cncn2)CC1. The third kappa shape index (κ3) is 2.90. The van der Waals surface area contributed by atoms with Gasteiger partial charge in [0, 0.05) is 25.8 Å². The summed E-state index contributed by atoms with van der Waals surface area (Å²) in [5.41, 5.74) is 0. The quantitative estimate of drug-likeness (QED) is 0.789. The minimum Gasteiger partial charge on any atom is -0.341 e. The summed E-state index contributed by atoms with van der Waals surface area (Å²) >= 11 is 1.64. The lowest BCUT2D eigenvalue weighted by atomic mass is 10.0. The van der Waals surface area contributed by atoms with Crippen molar-refractivity contribution in [2.75, 3.05) is 24.7 Å². The van der Waals surface area contributed by atoms with Crippen LogP contribution in [0.2, 0.25) is 0 Å². The van der Waals surface area contributed by atoms with Crippen LogP contribution in [-0.2, 0) is 9.59 Å². The summed E-state index contributed by atoms with van der Waals surface area (Å²) in [6.07, 6.45) is 5.04. The zero-order valence-electron chi connectivity index (χ0n) is 12.0. The molecule has 2 amide bonds. The highest BCUT2D eigenvalue weighted by molar-refractivity contribution is 7.99. The highest BCUT2D eigenvalue weighted by atomic mass is 32.2. The number of rotatable bonds is 2. The molecule has 1 atom stereocenters. The van der Waals surface area contributed by atoms with Crippen molar-refractivity contribution in [2.45, 2.75) is 31.8 Å². The molecule has 21 heavy (non-hydrogen) atoms. The van der Waals surface area contributed by atoms with Gasteiger partial charge in [-0.15, -0.1) is 11.8 Å². The minimum absolute atomic E-state index is 0.0177. The molecule has 0 radical (unpaired) electrons. The van der Waals surface area contributed by atoms with E-state index in [1.54, 1.807) is 23.0 Å². The van der Waals surface area contributed by atoms with Crippen LogP contribution in [0.4, 0.5) is 0 Å². The molecule has 1 unspecified atom stereocenters. The third-order valence-corrected chi connectivity index (χ3v) is 5.17. The first-order chi connectivity index (χ1) is 10.2. The number of thioether (sulfide) groups is 1. The molecule has 0 saturated carbocycles. The average molecular weight is 309 g/mol. The number of piperidine rings is 1. The molecule has 7 nitrogen and oxygen atoms in total. The number of carbonyl (C=O) groups is 2. The summed E-state index contributed by atoms with van der Waals surface area (Å²) in [6, 6.07) is 0.0360. The summed E-state index contributed by atoms with van der Waals surface area (Å²) < 4.78 is 1.87. The van der Waals surface area contributed by atoms with Crippen molar-refractivity contribution in [2.24, 2.45) is 0 Å². The van der Waals surface area contributed by atoms with E-state index in [1.165, 1.54) is 13.3 Å². The van der Waals surface area contributed by atoms with Gasteiger partial charge in [0.1, 0.15) is 18.7 Å². The molecule has 2 fully saturated rings. The molecule has 1 aromatic heterocycles. The molecular formula is C13H19N5O2S. The Hall–Kier alpha value is -1.57. The number of hydrogen-bond donors (Lipinski definition) is 0. The normalized spacial score (nSPS) is 23.6. The summed E-state index contributed by atoms with van der Waals surface area (Å²) in [6.45, 7) is 2.97. The third-order valence-electron chi connectivity index (χ3n) is 4.16. The predicted molar refractivity (Wildman–Crippen MR) is 78.5 cm³/mol. The van der Waals surface area contributed by atoms with Crippen LogP contribution in [0, 0.1) is 0 Å². The zero-order valence-corrected chi connectivity index (χ0v) is 12.8. The van der Waals surface area contributed by atoms with Gasteiger partial charge < -0.3 is 9.80 Å². The van der Waals surface area contributed by atoms with E-state index in [2.05, 4.69) is 10.1 Å².